The summed E-state index contributed by atoms with van der Waals surface area (Å²) in [7, 11) is 0. The number of allylic oxidation sites excluding steroid dienone is 1. The summed E-state index contributed by atoms with van der Waals surface area (Å²) in [4.78, 5) is 4.00. The summed E-state index contributed by atoms with van der Waals surface area (Å²) in [5.41, 5.74) is 1.84. The van der Waals surface area contributed by atoms with Gasteiger partial charge in [0.1, 0.15) is 17.5 Å². The summed E-state index contributed by atoms with van der Waals surface area (Å²) >= 11 is 11.8. The minimum absolute atomic E-state index is 0.359. The number of pyridine rings is 1. The van der Waals surface area contributed by atoms with Crippen molar-refractivity contribution in [1.82, 2.24) is 4.98 Å². The molecular formula is C15H13Cl2NO. The first kappa shape index (κ1) is 13.9. The van der Waals surface area contributed by atoms with Gasteiger partial charge in [-0.25, -0.2) is 4.98 Å². The lowest BCUT2D eigenvalue weighted by Gasteiger charge is -2.10. The molecule has 0 saturated carbocycles. The van der Waals surface area contributed by atoms with E-state index in [-0.39, 0.29) is 0 Å². The van der Waals surface area contributed by atoms with Gasteiger partial charge in [-0.15, -0.1) is 0 Å². The van der Waals surface area contributed by atoms with Gasteiger partial charge in [-0.05, 0) is 19.1 Å². The van der Waals surface area contributed by atoms with Gasteiger partial charge in [0, 0.05) is 17.3 Å². The van der Waals surface area contributed by atoms with Crippen LogP contribution in [0.4, 0.5) is 0 Å². The highest BCUT2D eigenvalue weighted by Crippen LogP contribution is 2.23. The second-order valence-electron chi connectivity index (χ2n) is 3.92. The van der Waals surface area contributed by atoms with E-state index in [1.54, 1.807) is 12.3 Å². The number of hydrogen-bond donors (Lipinski definition) is 0. The fourth-order valence-corrected chi connectivity index (χ4v) is 2.05. The van der Waals surface area contributed by atoms with Gasteiger partial charge in [0.05, 0.1) is 5.02 Å². The second-order valence-corrected chi connectivity index (χ2v) is 4.72. The molecule has 98 valence electrons. The Hall–Kier alpha value is -1.51. The number of hydrogen-bond acceptors (Lipinski definition) is 2. The van der Waals surface area contributed by atoms with Gasteiger partial charge in [-0.2, -0.15) is 0 Å². The van der Waals surface area contributed by atoms with Crippen LogP contribution in [-0.2, 0) is 6.61 Å². The molecule has 2 aromatic rings. The van der Waals surface area contributed by atoms with E-state index in [1.807, 2.05) is 43.3 Å². The van der Waals surface area contributed by atoms with E-state index in [9.17, 15) is 0 Å². The number of para-hydroxylation sites is 1. The summed E-state index contributed by atoms with van der Waals surface area (Å²) in [5, 5.41) is 0.937. The monoisotopic (exact) mass is 293 g/mol. The Morgan fingerprint density at radius 3 is 2.79 bits per heavy atom. The normalized spacial score (nSPS) is 10.9. The van der Waals surface area contributed by atoms with Gasteiger partial charge < -0.3 is 4.74 Å². The van der Waals surface area contributed by atoms with Gasteiger partial charge in [-0.3, -0.25) is 0 Å². The van der Waals surface area contributed by atoms with Crippen molar-refractivity contribution < 1.29 is 4.74 Å². The SMILES string of the molecule is C/C=C/c1ccccc1OCc1cnc(Cl)cc1Cl. The Kier molecular flexibility index (Phi) is 4.83. The Bertz CT molecular complexity index is 596. The van der Waals surface area contributed by atoms with Crippen LogP contribution in [0.15, 0.2) is 42.6 Å². The zero-order valence-corrected chi connectivity index (χ0v) is 11.9. The molecule has 1 aromatic carbocycles. The molecule has 0 unspecified atom stereocenters. The molecule has 0 atom stereocenters. The molecule has 0 spiro atoms. The maximum atomic E-state index is 6.08. The molecule has 0 bridgehead atoms. The van der Waals surface area contributed by atoms with Crippen LogP contribution in [0.5, 0.6) is 5.75 Å². The quantitative estimate of drug-likeness (QED) is 0.740. The predicted molar refractivity (Wildman–Crippen MR) is 79.7 cm³/mol. The molecule has 0 aliphatic carbocycles. The van der Waals surface area contributed by atoms with Crippen LogP contribution < -0.4 is 4.74 Å². The molecule has 0 N–H and O–H groups in total. The van der Waals surface area contributed by atoms with Crippen molar-refractivity contribution in [3.63, 3.8) is 0 Å². The molecule has 0 fully saturated rings. The molecule has 0 aliphatic rings. The van der Waals surface area contributed by atoms with Crippen molar-refractivity contribution >= 4 is 29.3 Å². The standard InChI is InChI=1S/C15H13Cl2NO/c1-2-5-11-6-3-4-7-14(11)19-10-12-9-18-15(17)8-13(12)16/h2-9H,10H2,1H3/b5-2+. The second kappa shape index (κ2) is 6.60. The minimum Gasteiger partial charge on any atom is -0.488 e. The molecule has 0 amide bonds. The van der Waals surface area contributed by atoms with Gasteiger partial charge in [-0.1, -0.05) is 53.6 Å². The topological polar surface area (TPSA) is 22.1 Å². The third-order valence-corrected chi connectivity index (χ3v) is 3.10. The number of ether oxygens (including phenoxy) is 1. The van der Waals surface area contributed by atoms with E-state index in [2.05, 4.69) is 4.98 Å². The van der Waals surface area contributed by atoms with E-state index < -0.39 is 0 Å². The average molecular weight is 294 g/mol. The average Bonchev–Trinajstić information content (AvgIpc) is 2.40. The molecule has 1 aromatic heterocycles. The number of benzene rings is 1. The Morgan fingerprint density at radius 1 is 1.26 bits per heavy atom. The van der Waals surface area contributed by atoms with Crippen molar-refractivity contribution in [2.75, 3.05) is 0 Å². The number of nitrogens with zero attached hydrogens (tertiary/aromatic N) is 1. The zero-order valence-electron chi connectivity index (χ0n) is 10.4. The third-order valence-electron chi connectivity index (χ3n) is 2.54. The van der Waals surface area contributed by atoms with Crippen LogP contribution in [0.25, 0.3) is 6.08 Å². The lowest BCUT2D eigenvalue weighted by atomic mass is 10.2. The highest BCUT2D eigenvalue weighted by Gasteiger charge is 2.05. The summed E-state index contributed by atoms with van der Waals surface area (Å²) in [6.45, 7) is 2.33. The van der Waals surface area contributed by atoms with Crippen molar-refractivity contribution in [2.24, 2.45) is 0 Å². The maximum Gasteiger partial charge on any atom is 0.130 e. The zero-order chi connectivity index (χ0) is 13.7. The fraction of sp³-hybridized carbons (Fsp3) is 0.133. The van der Waals surface area contributed by atoms with Crippen LogP contribution in [0.1, 0.15) is 18.1 Å². The summed E-state index contributed by atoms with van der Waals surface area (Å²) in [6, 6.07) is 9.44. The molecule has 0 saturated heterocycles. The first-order chi connectivity index (χ1) is 9.20. The highest BCUT2D eigenvalue weighted by molar-refractivity contribution is 6.34. The third kappa shape index (κ3) is 3.72. The van der Waals surface area contributed by atoms with Crippen molar-refractivity contribution in [3.8, 4) is 5.75 Å². The molecule has 0 aliphatic heterocycles. The lowest BCUT2D eigenvalue weighted by molar-refractivity contribution is 0.305. The van der Waals surface area contributed by atoms with Gasteiger partial charge >= 0.3 is 0 Å². The van der Waals surface area contributed by atoms with E-state index in [4.69, 9.17) is 27.9 Å². The van der Waals surface area contributed by atoms with Crippen molar-refractivity contribution in [3.05, 3.63) is 63.9 Å². The van der Waals surface area contributed by atoms with Gasteiger partial charge in [0.2, 0.25) is 0 Å². The van der Waals surface area contributed by atoms with Crippen LogP contribution in [-0.4, -0.2) is 4.98 Å². The molecule has 4 heteroatoms. The molecule has 2 nitrogen and oxygen atoms in total. The summed E-state index contributed by atoms with van der Waals surface area (Å²) < 4.78 is 5.78. The first-order valence-electron chi connectivity index (χ1n) is 5.85. The summed E-state index contributed by atoms with van der Waals surface area (Å²) in [5.74, 6) is 0.812. The fourth-order valence-electron chi connectivity index (χ4n) is 1.63. The lowest BCUT2D eigenvalue weighted by Crippen LogP contribution is -1.98. The van der Waals surface area contributed by atoms with E-state index >= 15 is 0 Å². The maximum absolute atomic E-state index is 6.08. The van der Waals surface area contributed by atoms with E-state index in [0.29, 0.717) is 16.8 Å². The minimum atomic E-state index is 0.359. The van der Waals surface area contributed by atoms with Crippen LogP contribution in [0.3, 0.4) is 0 Å². The Morgan fingerprint density at radius 2 is 2.05 bits per heavy atom. The van der Waals surface area contributed by atoms with Gasteiger partial charge in [0.25, 0.3) is 0 Å². The van der Waals surface area contributed by atoms with E-state index in [1.165, 1.54) is 0 Å². The first-order valence-corrected chi connectivity index (χ1v) is 6.60. The Balaban J connectivity index is 2.14. The van der Waals surface area contributed by atoms with Crippen LogP contribution in [0.2, 0.25) is 10.2 Å². The van der Waals surface area contributed by atoms with Crippen LogP contribution >= 0.6 is 23.2 Å². The Labute approximate surface area is 122 Å². The van der Waals surface area contributed by atoms with Crippen molar-refractivity contribution in [1.29, 1.82) is 0 Å². The molecule has 2 rings (SSSR count). The number of halogens is 2. The number of rotatable bonds is 4. The summed E-state index contributed by atoms with van der Waals surface area (Å²) in [6.07, 6.45) is 5.60. The van der Waals surface area contributed by atoms with Crippen LogP contribution in [0, 0.1) is 0 Å². The predicted octanol–water partition coefficient (Wildman–Crippen LogP) is 5.00. The number of aromatic nitrogens is 1. The molecule has 1 heterocycles. The highest BCUT2D eigenvalue weighted by atomic mass is 35.5. The molecule has 0 radical (unpaired) electrons. The molecular weight excluding hydrogens is 281 g/mol. The smallest absolute Gasteiger partial charge is 0.130 e. The van der Waals surface area contributed by atoms with Gasteiger partial charge in [0.15, 0.2) is 0 Å². The largest absolute Gasteiger partial charge is 0.488 e. The molecule has 19 heavy (non-hydrogen) atoms. The van der Waals surface area contributed by atoms with Crippen molar-refractivity contribution in [2.45, 2.75) is 13.5 Å². The van der Waals surface area contributed by atoms with E-state index in [0.717, 1.165) is 16.9 Å².